The third kappa shape index (κ3) is 3.16. The maximum atomic E-state index is 10.7. The molecule has 0 aliphatic carbocycles. The van der Waals surface area contributed by atoms with Gasteiger partial charge in [-0.2, -0.15) is 0 Å². The lowest BCUT2D eigenvalue weighted by atomic mass is 10.3. The largest absolute Gasteiger partial charge is 0.487 e. The zero-order valence-electron chi connectivity index (χ0n) is 9.02. The Morgan fingerprint density at radius 2 is 2.06 bits per heavy atom. The van der Waals surface area contributed by atoms with Gasteiger partial charge in [0.05, 0.1) is 5.02 Å². The quantitative estimate of drug-likeness (QED) is 0.914. The summed E-state index contributed by atoms with van der Waals surface area (Å²) < 4.78 is 5.50. The monoisotopic (exact) mass is 302 g/mol. The van der Waals surface area contributed by atoms with Crippen LogP contribution in [0.15, 0.2) is 30.3 Å². The average Bonchev–Trinajstić information content (AvgIpc) is 2.76. The van der Waals surface area contributed by atoms with Crippen LogP contribution in [0.2, 0.25) is 10.0 Å². The minimum atomic E-state index is -0.934. The summed E-state index contributed by atoms with van der Waals surface area (Å²) in [7, 11) is 0. The second kappa shape index (κ2) is 5.61. The maximum absolute atomic E-state index is 10.7. The summed E-state index contributed by atoms with van der Waals surface area (Å²) in [5, 5.41) is 9.76. The molecule has 1 N–H and O–H groups in total. The zero-order chi connectivity index (χ0) is 13.1. The molecular weight excluding hydrogens is 295 g/mol. The molecule has 1 heterocycles. The van der Waals surface area contributed by atoms with Crippen LogP contribution in [-0.2, 0) is 6.61 Å². The minimum Gasteiger partial charge on any atom is -0.487 e. The molecule has 1 aromatic heterocycles. The smallest absolute Gasteiger partial charge is 0.345 e. The lowest BCUT2D eigenvalue weighted by Gasteiger charge is -2.06. The first-order chi connectivity index (χ1) is 8.56. The second-order valence-electron chi connectivity index (χ2n) is 3.43. The fraction of sp³-hybridized carbons (Fsp3) is 0.0833. The number of benzene rings is 1. The summed E-state index contributed by atoms with van der Waals surface area (Å²) >= 11 is 12.9. The van der Waals surface area contributed by atoms with Crippen LogP contribution in [0.4, 0.5) is 0 Å². The molecule has 0 saturated carbocycles. The van der Waals surface area contributed by atoms with Crippen molar-refractivity contribution in [2.24, 2.45) is 0 Å². The fourth-order valence-corrected chi connectivity index (χ4v) is 2.53. The number of halogens is 2. The van der Waals surface area contributed by atoms with Gasteiger partial charge in [0, 0.05) is 9.90 Å². The fourth-order valence-electron chi connectivity index (χ4n) is 1.31. The van der Waals surface area contributed by atoms with Crippen LogP contribution in [0.1, 0.15) is 14.5 Å². The van der Waals surface area contributed by atoms with Gasteiger partial charge in [0.1, 0.15) is 17.2 Å². The topological polar surface area (TPSA) is 46.5 Å². The van der Waals surface area contributed by atoms with E-state index in [-0.39, 0.29) is 11.5 Å². The molecule has 0 aliphatic rings. The first kappa shape index (κ1) is 13.2. The molecule has 0 amide bonds. The molecule has 0 atom stereocenters. The molecule has 94 valence electrons. The Hall–Kier alpha value is -1.23. The number of carboxylic acids is 1. The molecule has 0 aliphatic heterocycles. The highest BCUT2D eigenvalue weighted by molar-refractivity contribution is 7.13. The Morgan fingerprint density at radius 1 is 1.28 bits per heavy atom. The van der Waals surface area contributed by atoms with E-state index in [1.807, 2.05) is 0 Å². The van der Waals surface area contributed by atoms with Crippen molar-refractivity contribution >= 4 is 40.5 Å². The predicted molar refractivity (Wildman–Crippen MR) is 72.1 cm³/mol. The van der Waals surface area contributed by atoms with Gasteiger partial charge in [-0.05, 0) is 30.3 Å². The van der Waals surface area contributed by atoms with Gasteiger partial charge >= 0.3 is 5.97 Å². The molecule has 2 rings (SSSR count). The van der Waals surface area contributed by atoms with E-state index < -0.39 is 5.97 Å². The van der Waals surface area contributed by atoms with E-state index in [1.54, 1.807) is 30.3 Å². The third-order valence-electron chi connectivity index (χ3n) is 2.14. The van der Waals surface area contributed by atoms with Crippen molar-refractivity contribution in [3.63, 3.8) is 0 Å². The molecule has 18 heavy (non-hydrogen) atoms. The van der Waals surface area contributed by atoms with Crippen molar-refractivity contribution < 1.29 is 14.6 Å². The van der Waals surface area contributed by atoms with Crippen molar-refractivity contribution in [3.8, 4) is 5.75 Å². The molecule has 0 saturated heterocycles. The zero-order valence-corrected chi connectivity index (χ0v) is 11.4. The van der Waals surface area contributed by atoms with Crippen molar-refractivity contribution in [3.05, 3.63) is 50.1 Å². The molecule has 0 unspecified atom stereocenters. The number of carbonyl (C=O) groups is 1. The Kier molecular flexibility index (Phi) is 4.11. The lowest BCUT2D eigenvalue weighted by molar-refractivity contribution is 0.0702. The first-order valence-electron chi connectivity index (χ1n) is 4.96. The van der Waals surface area contributed by atoms with E-state index in [9.17, 15) is 4.79 Å². The van der Waals surface area contributed by atoms with E-state index in [2.05, 4.69) is 0 Å². The van der Waals surface area contributed by atoms with Crippen LogP contribution in [0.5, 0.6) is 5.75 Å². The second-order valence-corrected chi connectivity index (χ2v) is 5.45. The molecule has 2 aromatic rings. The number of ether oxygens (including phenoxy) is 1. The van der Waals surface area contributed by atoms with Crippen molar-refractivity contribution in [1.82, 2.24) is 0 Å². The summed E-state index contributed by atoms with van der Waals surface area (Å²) in [4.78, 5) is 11.8. The van der Waals surface area contributed by atoms with E-state index in [0.717, 1.165) is 4.88 Å². The highest BCUT2D eigenvalue weighted by atomic mass is 35.5. The van der Waals surface area contributed by atoms with E-state index in [0.29, 0.717) is 15.8 Å². The molecule has 3 nitrogen and oxygen atoms in total. The number of thiophene rings is 1. The summed E-state index contributed by atoms with van der Waals surface area (Å²) in [6.07, 6.45) is 0. The summed E-state index contributed by atoms with van der Waals surface area (Å²) in [5.41, 5.74) is 0. The Morgan fingerprint density at radius 3 is 2.67 bits per heavy atom. The Balaban J connectivity index is 2.04. The number of carboxylic acid groups (broad SMARTS) is 1. The van der Waals surface area contributed by atoms with Gasteiger partial charge in [0.2, 0.25) is 0 Å². The maximum Gasteiger partial charge on any atom is 0.345 e. The van der Waals surface area contributed by atoms with Gasteiger partial charge in [-0.25, -0.2) is 4.79 Å². The Labute approximate surface area is 118 Å². The van der Waals surface area contributed by atoms with Gasteiger partial charge in [0.25, 0.3) is 0 Å². The molecule has 6 heteroatoms. The van der Waals surface area contributed by atoms with Crippen LogP contribution < -0.4 is 4.74 Å². The molecule has 0 spiro atoms. The standard InChI is InChI=1S/C12H8Cl2O3S/c13-7-1-3-10(9(14)5-7)17-6-8-2-4-11(18-8)12(15)16/h1-5H,6H2,(H,15,16). The molecule has 0 radical (unpaired) electrons. The molecule has 1 aromatic carbocycles. The van der Waals surface area contributed by atoms with Gasteiger partial charge in [0.15, 0.2) is 0 Å². The highest BCUT2D eigenvalue weighted by Crippen LogP contribution is 2.28. The Bertz CT molecular complexity index is 580. The number of hydrogen-bond acceptors (Lipinski definition) is 3. The molecule has 0 fully saturated rings. The van der Waals surface area contributed by atoms with Crippen LogP contribution in [-0.4, -0.2) is 11.1 Å². The minimum absolute atomic E-state index is 0.277. The average molecular weight is 303 g/mol. The van der Waals surface area contributed by atoms with Gasteiger partial charge in [-0.3, -0.25) is 0 Å². The lowest BCUT2D eigenvalue weighted by Crippen LogP contribution is -1.93. The summed E-state index contributed by atoms with van der Waals surface area (Å²) in [6, 6.07) is 8.22. The van der Waals surface area contributed by atoms with Crippen LogP contribution >= 0.6 is 34.5 Å². The summed E-state index contributed by atoms with van der Waals surface area (Å²) in [5.74, 6) is -0.415. The third-order valence-corrected chi connectivity index (χ3v) is 3.71. The summed E-state index contributed by atoms with van der Waals surface area (Å²) in [6.45, 7) is 0.277. The predicted octanol–water partition coefficient (Wildman–Crippen LogP) is 4.33. The first-order valence-corrected chi connectivity index (χ1v) is 6.53. The van der Waals surface area contributed by atoms with Crippen molar-refractivity contribution in [2.45, 2.75) is 6.61 Å². The molecule has 0 bridgehead atoms. The van der Waals surface area contributed by atoms with Crippen LogP contribution in [0.25, 0.3) is 0 Å². The van der Waals surface area contributed by atoms with E-state index in [1.165, 1.54) is 11.3 Å². The highest BCUT2D eigenvalue weighted by Gasteiger charge is 2.08. The number of aromatic carboxylic acids is 1. The van der Waals surface area contributed by atoms with E-state index >= 15 is 0 Å². The van der Waals surface area contributed by atoms with Crippen LogP contribution in [0, 0.1) is 0 Å². The number of rotatable bonds is 4. The molecular formula is C12H8Cl2O3S. The van der Waals surface area contributed by atoms with Crippen molar-refractivity contribution in [2.75, 3.05) is 0 Å². The van der Waals surface area contributed by atoms with E-state index in [4.69, 9.17) is 33.0 Å². The number of hydrogen-bond donors (Lipinski definition) is 1. The normalized spacial score (nSPS) is 10.3. The van der Waals surface area contributed by atoms with Crippen LogP contribution in [0.3, 0.4) is 0 Å². The van der Waals surface area contributed by atoms with Gasteiger partial charge in [-0.1, -0.05) is 23.2 Å². The van der Waals surface area contributed by atoms with Gasteiger partial charge < -0.3 is 9.84 Å². The SMILES string of the molecule is O=C(O)c1ccc(COc2ccc(Cl)cc2Cl)s1. The van der Waals surface area contributed by atoms with Crippen molar-refractivity contribution in [1.29, 1.82) is 0 Å². The van der Waals surface area contributed by atoms with Gasteiger partial charge in [-0.15, -0.1) is 11.3 Å².